The van der Waals surface area contributed by atoms with Gasteiger partial charge in [-0.25, -0.2) is 0 Å². The molecule has 2 aliphatic rings. The van der Waals surface area contributed by atoms with Crippen molar-refractivity contribution in [1.29, 1.82) is 0 Å². The molecule has 2 N–H and O–H groups in total. The van der Waals surface area contributed by atoms with Gasteiger partial charge in [0.15, 0.2) is 0 Å². The summed E-state index contributed by atoms with van der Waals surface area (Å²) in [5.41, 5.74) is 8.43. The van der Waals surface area contributed by atoms with Crippen LogP contribution in [0.15, 0.2) is 97.1 Å². The number of carbonyl (C=O) groups is 2. The highest BCUT2D eigenvalue weighted by Crippen LogP contribution is 2.39. The van der Waals surface area contributed by atoms with Crippen molar-refractivity contribution >= 4 is 23.2 Å². The summed E-state index contributed by atoms with van der Waals surface area (Å²) in [7, 11) is 0. The molecule has 0 spiro atoms. The molecule has 4 aromatic rings. The first kappa shape index (κ1) is 26.8. The van der Waals surface area contributed by atoms with Crippen LogP contribution in [0.3, 0.4) is 0 Å². The standard InChI is InChI=1S/C36H37N3O2/c1-2-21-37-36(41)33(25-9-4-3-5-10-25)26-19-22-39(23-20-26)30-17-15-29(16-18-30)38-35(40)32-14-8-12-28-24-27-11-6-7-13-31(27)34(28)32/h3-18,26,33H,2,19-24H2,1H3,(H,37,41)(H,38,40). The summed E-state index contributed by atoms with van der Waals surface area (Å²) in [5, 5.41) is 6.25. The molecule has 5 nitrogen and oxygen atoms in total. The quantitative estimate of drug-likeness (QED) is 0.221. The van der Waals surface area contributed by atoms with Crippen molar-refractivity contribution in [2.45, 2.75) is 38.5 Å². The van der Waals surface area contributed by atoms with E-state index >= 15 is 0 Å². The fourth-order valence-corrected chi connectivity index (χ4v) is 6.48. The van der Waals surface area contributed by atoms with Crippen molar-refractivity contribution in [2.24, 2.45) is 5.92 Å². The molecule has 1 fully saturated rings. The highest BCUT2D eigenvalue weighted by molar-refractivity contribution is 6.10. The van der Waals surface area contributed by atoms with E-state index in [9.17, 15) is 9.59 Å². The number of nitrogens with zero attached hydrogens (tertiary/aromatic N) is 1. The predicted molar refractivity (Wildman–Crippen MR) is 166 cm³/mol. The van der Waals surface area contributed by atoms with Crippen LogP contribution in [-0.2, 0) is 11.2 Å². The van der Waals surface area contributed by atoms with Gasteiger partial charge in [-0.15, -0.1) is 0 Å². The van der Waals surface area contributed by atoms with Crippen molar-refractivity contribution in [3.63, 3.8) is 0 Å². The third kappa shape index (κ3) is 5.62. The fourth-order valence-electron chi connectivity index (χ4n) is 6.48. The van der Waals surface area contributed by atoms with Crippen molar-refractivity contribution in [3.8, 4) is 11.1 Å². The van der Waals surface area contributed by atoms with Gasteiger partial charge in [-0.05, 0) is 89.8 Å². The van der Waals surface area contributed by atoms with Gasteiger partial charge >= 0.3 is 0 Å². The average Bonchev–Trinajstić information content (AvgIpc) is 3.40. The average molecular weight is 544 g/mol. The van der Waals surface area contributed by atoms with Crippen LogP contribution in [-0.4, -0.2) is 31.4 Å². The Morgan fingerprint density at radius 3 is 2.29 bits per heavy atom. The van der Waals surface area contributed by atoms with E-state index in [2.05, 4.69) is 71.0 Å². The number of amides is 2. The summed E-state index contributed by atoms with van der Waals surface area (Å²) in [6.45, 7) is 4.59. The zero-order chi connectivity index (χ0) is 28.2. The minimum atomic E-state index is -0.117. The maximum absolute atomic E-state index is 13.4. The molecular weight excluding hydrogens is 506 g/mol. The molecule has 0 aromatic heterocycles. The topological polar surface area (TPSA) is 61.4 Å². The van der Waals surface area contributed by atoms with Gasteiger partial charge < -0.3 is 15.5 Å². The van der Waals surface area contributed by atoms with Gasteiger partial charge in [-0.2, -0.15) is 0 Å². The lowest BCUT2D eigenvalue weighted by Crippen LogP contribution is -2.40. The van der Waals surface area contributed by atoms with Gasteiger partial charge in [0.2, 0.25) is 5.91 Å². The molecule has 0 radical (unpaired) electrons. The largest absolute Gasteiger partial charge is 0.372 e. The monoisotopic (exact) mass is 543 g/mol. The van der Waals surface area contributed by atoms with E-state index in [1.807, 2.05) is 48.5 Å². The molecule has 41 heavy (non-hydrogen) atoms. The maximum atomic E-state index is 13.4. The number of anilines is 2. The molecule has 1 unspecified atom stereocenters. The summed E-state index contributed by atoms with van der Waals surface area (Å²) < 4.78 is 0. The van der Waals surface area contributed by atoms with Crippen molar-refractivity contribution in [3.05, 3.63) is 119 Å². The van der Waals surface area contributed by atoms with Gasteiger partial charge in [0, 0.05) is 36.6 Å². The lowest BCUT2D eigenvalue weighted by atomic mass is 9.79. The fraction of sp³-hybridized carbons (Fsp3) is 0.278. The summed E-state index contributed by atoms with van der Waals surface area (Å²) in [5.74, 6) is 0.250. The number of piperidine rings is 1. The van der Waals surface area contributed by atoms with E-state index in [4.69, 9.17) is 0 Å². The molecule has 5 heteroatoms. The Bertz CT molecular complexity index is 1520. The number of nitrogens with one attached hydrogen (secondary N) is 2. The SMILES string of the molecule is CCCNC(=O)C(c1ccccc1)C1CCN(c2ccc(NC(=O)c3cccc4c3-c3ccccc3C4)cc2)CC1. The van der Waals surface area contributed by atoms with Crippen molar-refractivity contribution < 1.29 is 9.59 Å². The van der Waals surface area contributed by atoms with Crippen LogP contribution in [0.4, 0.5) is 11.4 Å². The van der Waals surface area contributed by atoms with Crippen LogP contribution >= 0.6 is 0 Å². The number of benzene rings is 4. The molecule has 0 bridgehead atoms. The van der Waals surface area contributed by atoms with E-state index in [0.29, 0.717) is 12.5 Å². The molecule has 4 aromatic carbocycles. The van der Waals surface area contributed by atoms with E-state index < -0.39 is 0 Å². The van der Waals surface area contributed by atoms with Crippen molar-refractivity contribution in [2.75, 3.05) is 29.9 Å². The van der Waals surface area contributed by atoms with Crippen LogP contribution in [0.2, 0.25) is 0 Å². The summed E-state index contributed by atoms with van der Waals surface area (Å²) in [4.78, 5) is 28.9. The molecule has 1 saturated heterocycles. The smallest absolute Gasteiger partial charge is 0.256 e. The minimum absolute atomic E-state index is 0.0829. The van der Waals surface area contributed by atoms with Gasteiger partial charge in [-0.3, -0.25) is 9.59 Å². The van der Waals surface area contributed by atoms with Gasteiger partial charge in [0.05, 0.1) is 5.92 Å². The van der Waals surface area contributed by atoms with Gasteiger partial charge in [0.1, 0.15) is 0 Å². The van der Waals surface area contributed by atoms with Gasteiger partial charge in [0.25, 0.3) is 5.91 Å². The second kappa shape index (κ2) is 12.0. The molecule has 1 aliphatic heterocycles. The van der Waals surface area contributed by atoms with Gasteiger partial charge in [-0.1, -0.05) is 73.7 Å². The number of rotatable bonds is 8. The summed E-state index contributed by atoms with van der Waals surface area (Å²) >= 11 is 0. The molecular formula is C36H37N3O2. The molecule has 6 rings (SSSR count). The third-order valence-electron chi connectivity index (χ3n) is 8.55. The first-order valence-corrected chi connectivity index (χ1v) is 14.8. The van der Waals surface area contributed by atoms with Crippen LogP contribution in [0, 0.1) is 5.92 Å². The number of hydrogen-bond donors (Lipinski definition) is 2. The van der Waals surface area contributed by atoms with Crippen LogP contribution in [0.5, 0.6) is 0 Å². The Morgan fingerprint density at radius 1 is 0.829 bits per heavy atom. The first-order chi connectivity index (χ1) is 20.1. The Morgan fingerprint density at radius 2 is 1.54 bits per heavy atom. The number of hydrogen-bond acceptors (Lipinski definition) is 3. The van der Waals surface area contributed by atoms with E-state index in [1.165, 1.54) is 11.1 Å². The highest BCUT2D eigenvalue weighted by Gasteiger charge is 2.32. The van der Waals surface area contributed by atoms with Crippen LogP contribution in [0.1, 0.15) is 59.2 Å². The highest BCUT2D eigenvalue weighted by atomic mass is 16.2. The lowest BCUT2D eigenvalue weighted by molar-refractivity contribution is -0.124. The molecule has 1 aliphatic carbocycles. The van der Waals surface area contributed by atoms with E-state index in [0.717, 1.165) is 72.4 Å². The Balaban J connectivity index is 1.11. The molecule has 208 valence electrons. The Kier molecular flexibility index (Phi) is 7.86. The third-order valence-corrected chi connectivity index (χ3v) is 8.55. The first-order valence-electron chi connectivity index (χ1n) is 14.8. The molecule has 2 amide bonds. The Hall–Kier alpha value is -4.38. The zero-order valence-corrected chi connectivity index (χ0v) is 23.6. The van der Waals surface area contributed by atoms with Crippen LogP contribution in [0.25, 0.3) is 11.1 Å². The van der Waals surface area contributed by atoms with E-state index in [1.54, 1.807) is 0 Å². The number of fused-ring (bicyclic) bond motifs is 3. The second-order valence-electron chi connectivity index (χ2n) is 11.2. The predicted octanol–water partition coefficient (Wildman–Crippen LogP) is 7.04. The van der Waals surface area contributed by atoms with E-state index in [-0.39, 0.29) is 17.7 Å². The molecule has 1 atom stereocenters. The summed E-state index contributed by atoms with van der Waals surface area (Å²) in [6, 6.07) is 32.7. The lowest BCUT2D eigenvalue weighted by Gasteiger charge is -2.37. The van der Waals surface area contributed by atoms with Crippen LogP contribution < -0.4 is 15.5 Å². The second-order valence-corrected chi connectivity index (χ2v) is 11.2. The zero-order valence-electron chi connectivity index (χ0n) is 23.6. The molecule has 1 heterocycles. The maximum Gasteiger partial charge on any atom is 0.256 e. The van der Waals surface area contributed by atoms with Crippen molar-refractivity contribution in [1.82, 2.24) is 5.32 Å². The number of carbonyl (C=O) groups excluding carboxylic acids is 2. The minimum Gasteiger partial charge on any atom is -0.372 e. The normalized spacial score (nSPS) is 15.1. The Labute approximate surface area is 242 Å². The summed E-state index contributed by atoms with van der Waals surface area (Å²) in [6.07, 6.45) is 3.72. The molecule has 0 saturated carbocycles.